The fraction of sp³-hybridized carbons (Fsp3) is 0.385. The van der Waals surface area contributed by atoms with Crippen LogP contribution in [0.5, 0.6) is 0 Å². The average Bonchev–Trinajstić information content (AvgIpc) is 2.63. The van der Waals surface area contributed by atoms with Gasteiger partial charge in [-0.05, 0) is 26.0 Å². The Morgan fingerprint density at radius 1 is 1.47 bits per heavy atom. The van der Waals surface area contributed by atoms with E-state index in [2.05, 4.69) is 0 Å². The lowest BCUT2D eigenvalue weighted by Crippen LogP contribution is -2.37. The number of nitrogen functional groups attached to an aromatic ring is 1. The summed E-state index contributed by atoms with van der Waals surface area (Å²) in [6.45, 7) is 3.79. The molecule has 19 heavy (non-hydrogen) atoms. The predicted molar refractivity (Wildman–Crippen MR) is 72.8 cm³/mol. The Morgan fingerprint density at radius 2 is 2.16 bits per heavy atom. The van der Waals surface area contributed by atoms with Gasteiger partial charge in [0.2, 0.25) is 5.91 Å². The van der Waals surface area contributed by atoms with Gasteiger partial charge in [0.25, 0.3) is 0 Å². The Balaban J connectivity index is 2.38. The Bertz CT molecular complexity index is 669. The smallest absolute Gasteiger partial charge is 0.408 e. The molecule has 0 aliphatic rings. The summed E-state index contributed by atoms with van der Waals surface area (Å²) in [7, 11) is 1.71. The van der Waals surface area contributed by atoms with Crippen LogP contribution < -0.4 is 11.5 Å². The van der Waals surface area contributed by atoms with Crippen LogP contribution in [0.2, 0.25) is 0 Å². The van der Waals surface area contributed by atoms with Crippen molar-refractivity contribution < 1.29 is 9.21 Å². The van der Waals surface area contributed by atoms with E-state index in [-0.39, 0.29) is 18.5 Å². The maximum Gasteiger partial charge on any atom is 0.420 e. The van der Waals surface area contributed by atoms with Gasteiger partial charge >= 0.3 is 5.76 Å². The second-order valence-electron chi connectivity index (χ2n) is 4.78. The number of nitrogens with zero attached hydrogens (tertiary/aromatic N) is 2. The van der Waals surface area contributed by atoms with Crippen LogP contribution in [-0.4, -0.2) is 28.5 Å². The topological polar surface area (TPSA) is 81.5 Å². The molecule has 0 spiro atoms. The first-order chi connectivity index (χ1) is 8.90. The van der Waals surface area contributed by atoms with Gasteiger partial charge < -0.3 is 15.1 Å². The van der Waals surface area contributed by atoms with Crippen molar-refractivity contribution in [2.24, 2.45) is 0 Å². The molecule has 0 bridgehead atoms. The number of amides is 1. The Kier molecular flexibility index (Phi) is 3.33. The van der Waals surface area contributed by atoms with E-state index in [4.69, 9.17) is 10.2 Å². The summed E-state index contributed by atoms with van der Waals surface area (Å²) in [5, 5.41) is 0. The summed E-state index contributed by atoms with van der Waals surface area (Å²) in [4.78, 5) is 25.4. The quantitative estimate of drug-likeness (QED) is 0.839. The summed E-state index contributed by atoms with van der Waals surface area (Å²) in [6.07, 6.45) is 0. The van der Waals surface area contributed by atoms with Crippen molar-refractivity contribution in [3.8, 4) is 0 Å². The number of anilines is 1. The molecule has 2 N–H and O–H groups in total. The van der Waals surface area contributed by atoms with Crippen molar-refractivity contribution in [3.05, 3.63) is 28.7 Å². The van der Waals surface area contributed by atoms with Crippen LogP contribution in [0, 0.1) is 0 Å². The Morgan fingerprint density at radius 3 is 2.79 bits per heavy atom. The molecule has 0 saturated heterocycles. The van der Waals surface area contributed by atoms with E-state index in [0.717, 1.165) is 0 Å². The highest BCUT2D eigenvalue weighted by molar-refractivity contribution is 5.81. The summed E-state index contributed by atoms with van der Waals surface area (Å²) in [5.74, 6) is -0.692. The largest absolute Gasteiger partial charge is 0.420 e. The molecule has 0 fully saturated rings. The first-order valence-electron chi connectivity index (χ1n) is 6.04. The van der Waals surface area contributed by atoms with Crippen LogP contribution in [0.15, 0.2) is 27.4 Å². The number of hydrogen-bond donors (Lipinski definition) is 1. The summed E-state index contributed by atoms with van der Waals surface area (Å²) < 4.78 is 6.39. The molecule has 0 atom stereocenters. The zero-order chi connectivity index (χ0) is 14.2. The van der Waals surface area contributed by atoms with E-state index in [0.29, 0.717) is 16.8 Å². The average molecular weight is 263 g/mol. The monoisotopic (exact) mass is 263 g/mol. The minimum absolute atomic E-state index is 0.0373. The van der Waals surface area contributed by atoms with Crippen LogP contribution in [0.25, 0.3) is 11.1 Å². The zero-order valence-electron chi connectivity index (χ0n) is 11.2. The molecular weight excluding hydrogens is 246 g/mol. The van der Waals surface area contributed by atoms with Crippen molar-refractivity contribution in [2.45, 2.75) is 26.4 Å². The molecule has 0 unspecified atom stereocenters. The molecule has 2 aromatic rings. The van der Waals surface area contributed by atoms with Gasteiger partial charge in [-0.15, -0.1) is 0 Å². The number of aromatic nitrogens is 1. The van der Waals surface area contributed by atoms with Crippen molar-refractivity contribution in [2.75, 3.05) is 12.8 Å². The lowest BCUT2D eigenvalue weighted by Gasteiger charge is -2.21. The molecule has 2 rings (SSSR count). The number of carbonyl (C=O) groups excluding carboxylic acids is 1. The number of hydrogen-bond acceptors (Lipinski definition) is 4. The maximum atomic E-state index is 12.0. The highest BCUT2D eigenvalue weighted by atomic mass is 16.4. The van der Waals surface area contributed by atoms with E-state index >= 15 is 0 Å². The highest BCUT2D eigenvalue weighted by Gasteiger charge is 2.17. The van der Waals surface area contributed by atoms with Gasteiger partial charge in [-0.3, -0.25) is 9.36 Å². The third kappa shape index (κ3) is 2.47. The molecule has 0 aliphatic carbocycles. The first kappa shape index (κ1) is 13.2. The summed E-state index contributed by atoms with van der Waals surface area (Å²) in [5.41, 5.74) is 7.11. The van der Waals surface area contributed by atoms with E-state index in [9.17, 15) is 9.59 Å². The van der Waals surface area contributed by atoms with Gasteiger partial charge in [0, 0.05) is 24.8 Å². The number of benzene rings is 1. The molecule has 0 saturated carbocycles. The van der Waals surface area contributed by atoms with Crippen LogP contribution in [0.3, 0.4) is 0 Å². The number of fused-ring (bicyclic) bond motifs is 1. The number of carbonyl (C=O) groups is 1. The van der Waals surface area contributed by atoms with E-state index in [1.807, 2.05) is 13.8 Å². The summed E-state index contributed by atoms with van der Waals surface area (Å²) >= 11 is 0. The van der Waals surface area contributed by atoms with E-state index in [1.165, 1.54) is 4.57 Å². The molecule has 1 aromatic heterocycles. The molecule has 0 radical (unpaired) electrons. The number of nitrogens with two attached hydrogens (primary N) is 1. The van der Waals surface area contributed by atoms with E-state index in [1.54, 1.807) is 30.1 Å². The lowest BCUT2D eigenvalue weighted by molar-refractivity contribution is -0.132. The minimum atomic E-state index is -0.550. The molecule has 1 amide bonds. The van der Waals surface area contributed by atoms with Gasteiger partial charge in [0.1, 0.15) is 6.54 Å². The first-order valence-corrected chi connectivity index (χ1v) is 6.04. The molecule has 6 heteroatoms. The van der Waals surface area contributed by atoms with Crippen molar-refractivity contribution in [3.63, 3.8) is 0 Å². The fourth-order valence-corrected chi connectivity index (χ4v) is 1.77. The molecular formula is C13H17N3O3. The molecule has 0 aliphatic heterocycles. The maximum absolute atomic E-state index is 12.0. The highest BCUT2D eigenvalue weighted by Crippen LogP contribution is 2.16. The van der Waals surface area contributed by atoms with E-state index < -0.39 is 5.76 Å². The van der Waals surface area contributed by atoms with Crippen molar-refractivity contribution in [1.29, 1.82) is 0 Å². The van der Waals surface area contributed by atoms with Crippen molar-refractivity contribution >= 4 is 22.7 Å². The molecule has 6 nitrogen and oxygen atoms in total. The SMILES string of the molecule is CC(C)N(C)C(=O)Cn1c(=O)oc2cc(N)ccc21. The van der Waals surface area contributed by atoms with Crippen LogP contribution in [0.1, 0.15) is 13.8 Å². The number of rotatable bonds is 3. The van der Waals surface area contributed by atoms with Gasteiger partial charge in [-0.25, -0.2) is 4.79 Å². The third-order valence-electron chi connectivity index (χ3n) is 3.15. The standard InChI is InChI=1S/C13H17N3O3/c1-8(2)15(3)12(17)7-16-10-5-4-9(14)6-11(10)19-13(16)18/h4-6,8H,7,14H2,1-3H3. The molecule has 1 aromatic carbocycles. The normalized spacial score (nSPS) is 11.2. The second-order valence-corrected chi connectivity index (χ2v) is 4.78. The summed E-state index contributed by atoms with van der Waals surface area (Å²) in [6, 6.07) is 5.00. The number of oxazole rings is 1. The van der Waals surface area contributed by atoms with Crippen molar-refractivity contribution in [1.82, 2.24) is 9.47 Å². The predicted octanol–water partition coefficient (Wildman–Crippen LogP) is 1.04. The molecule has 1 heterocycles. The Hall–Kier alpha value is -2.24. The fourth-order valence-electron chi connectivity index (χ4n) is 1.77. The lowest BCUT2D eigenvalue weighted by atomic mass is 10.3. The minimum Gasteiger partial charge on any atom is -0.408 e. The molecule has 102 valence electrons. The van der Waals surface area contributed by atoms with Gasteiger partial charge in [0.05, 0.1) is 5.52 Å². The van der Waals surface area contributed by atoms with Crippen LogP contribution >= 0.6 is 0 Å². The van der Waals surface area contributed by atoms with Crippen LogP contribution in [0.4, 0.5) is 5.69 Å². The van der Waals surface area contributed by atoms with Crippen LogP contribution in [-0.2, 0) is 11.3 Å². The second kappa shape index (κ2) is 4.79. The van der Waals surface area contributed by atoms with Gasteiger partial charge in [-0.1, -0.05) is 0 Å². The Labute approximate surface area is 110 Å². The number of likely N-dealkylation sites (N-methyl/N-ethyl adjacent to an activating group) is 1. The van der Waals surface area contributed by atoms with Gasteiger partial charge in [0.15, 0.2) is 5.58 Å². The third-order valence-corrected chi connectivity index (χ3v) is 3.15. The zero-order valence-corrected chi connectivity index (χ0v) is 11.2. The van der Waals surface area contributed by atoms with Gasteiger partial charge in [-0.2, -0.15) is 0 Å².